The molecule has 0 bridgehead atoms. The van der Waals surface area contributed by atoms with Crippen molar-refractivity contribution in [3.8, 4) is 0 Å². The molecule has 1 amide bonds. The minimum Gasteiger partial charge on any atom is -0.481 e. The molecular formula is C12H22N2O3. The van der Waals surface area contributed by atoms with Gasteiger partial charge in [0, 0.05) is 25.6 Å². The molecule has 5 heteroatoms. The van der Waals surface area contributed by atoms with E-state index in [9.17, 15) is 9.59 Å². The molecule has 1 N–H and O–H groups in total. The van der Waals surface area contributed by atoms with Gasteiger partial charge in [0.15, 0.2) is 0 Å². The van der Waals surface area contributed by atoms with Gasteiger partial charge in [-0.15, -0.1) is 0 Å². The number of rotatable bonds is 5. The molecule has 0 aliphatic carbocycles. The second-order valence-corrected chi connectivity index (χ2v) is 5.19. The van der Waals surface area contributed by atoms with Crippen molar-refractivity contribution in [2.24, 2.45) is 5.92 Å². The Morgan fingerprint density at radius 2 is 2.18 bits per heavy atom. The van der Waals surface area contributed by atoms with Crippen LogP contribution in [0.4, 0.5) is 0 Å². The van der Waals surface area contributed by atoms with E-state index < -0.39 is 5.97 Å². The number of carboxylic acids is 1. The Morgan fingerprint density at radius 3 is 2.71 bits per heavy atom. The third-order valence-corrected chi connectivity index (χ3v) is 3.07. The first-order valence-electron chi connectivity index (χ1n) is 6.10. The number of hydrogen-bond acceptors (Lipinski definition) is 3. The molecule has 1 fully saturated rings. The number of hydrogen-bond donors (Lipinski definition) is 1. The number of likely N-dealkylation sites (N-methyl/N-ethyl adjacent to an activating group) is 1. The molecular weight excluding hydrogens is 220 g/mol. The van der Waals surface area contributed by atoms with Crippen LogP contribution in [0.2, 0.25) is 0 Å². The minimum atomic E-state index is -0.772. The summed E-state index contributed by atoms with van der Waals surface area (Å²) in [5, 5.41) is 8.69. The molecule has 0 spiro atoms. The molecule has 1 rings (SSSR count). The highest BCUT2D eigenvalue weighted by atomic mass is 16.4. The summed E-state index contributed by atoms with van der Waals surface area (Å²) in [7, 11) is 1.89. The Labute approximate surface area is 102 Å². The fraction of sp³-hybridized carbons (Fsp3) is 0.833. The largest absolute Gasteiger partial charge is 0.481 e. The molecule has 1 atom stereocenters. The van der Waals surface area contributed by atoms with Crippen LogP contribution in [-0.2, 0) is 9.59 Å². The first kappa shape index (κ1) is 14.0. The van der Waals surface area contributed by atoms with Crippen molar-refractivity contribution in [3.63, 3.8) is 0 Å². The Morgan fingerprint density at radius 1 is 1.53 bits per heavy atom. The quantitative estimate of drug-likeness (QED) is 0.769. The van der Waals surface area contributed by atoms with Crippen LogP contribution in [0.25, 0.3) is 0 Å². The summed E-state index contributed by atoms with van der Waals surface area (Å²) in [5.74, 6) is -0.180. The minimum absolute atomic E-state index is 0.146. The molecule has 0 aromatic carbocycles. The van der Waals surface area contributed by atoms with Crippen LogP contribution < -0.4 is 0 Å². The van der Waals surface area contributed by atoms with Gasteiger partial charge in [-0.3, -0.25) is 14.5 Å². The monoisotopic (exact) mass is 242 g/mol. The molecule has 5 nitrogen and oxygen atoms in total. The number of carbonyl (C=O) groups excluding carboxylic acids is 1. The topological polar surface area (TPSA) is 60.9 Å². The van der Waals surface area contributed by atoms with Crippen molar-refractivity contribution < 1.29 is 14.7 Å². The van der Waals surface area contributed by atoms with Crippen molar-refractivity contribution in [1.82, 2.24) is 9.80 Å². The van der Waals surface area contributed by atoms with Crippen LogP contribution in [0.3, 0.4) is 0 Å². The van der Waals surface area contributed by atoms with Crippen LogP contribution >= 0.6 is 0 Å². The lowest BCUT2D eigenvalue weighted by molar-refractivity contribution is -0.139. The highest BCUT2D eigenvalue weighted by Gasteiger charge is 2.29. The van der Waals surface area contributed by atoms with Gasteiger partial charge < -0.3 is 10.0 Å². The van der Waals surface area contributed by atoms with Gasteiger partial charge in [-0.1, -0.05) is 13.8 Å². The van der Waals surface area contributed by atoms with Gasteiger partial charge in [0.2, 0.25) is 5.91 Å². The smallest absolute Gasteiger partial charge is 0.303 e. The van der Waals surface area contributed by atoms with Crippen LogP contribution in [0, 0.1) is 5.92 Å². The maximum atomic E-state index is 11.8. The van der Waals surface area contributed by atoms with E-state index in [0.29, 0.717) is 25.4 Å². The Balaban J connectivity index is 2.53. The molecule has 0 radical (unpaired) electrons. The lowest BCUT2D eigenvalue weighted by Gasteiger charge is -2.39. The molecule has 0 aromatic heterocycles. The standard InChI is InChI=1S/C12H22N2O3/c1-9(2)6-14-7-10(4-5-12(16)17)13(3)8-11(14)15/h9-10H,4-8H2,1-3H3,(H,16,17). The van der Waals surface area contributed by atoms with E-state index >= 15 is 0 Å². The Hall–Kier alpha value is -1.10. The molecule has 0 aromatic rings. The SMILES string of the molecule is CC(C)CN1CC(CCC(=O)O)N(C)CC1=O. The highest BCUT2D eigenvalue weighted by Crippen LogP contribution is 2.15. The molecule has 17 heavy (non-hydrogen) atoms. The number of amides is 1. The van der Waals surface area contributed by atoms with Gasteiger partial charge in [0.1, 0.15) is 0 Å². The zero-order valence-corrected chi connectivity index (χ0v) is 10.8. The number of nitrogens with zero attached hydrogens (tertiary/aromatic N) is 2. The van der Waals surface area contributed by atoms with Crippen molar-refractivity contribution in [1.29, 1.82) is 0 Å². The third-order valence-electron chi connectivity index (χ3n) is 3.07. The summed E-state index contributed by atoms with van der Waals surface area (Å²) in [6.45, 7) is 5.98. The van der Waals surface area contributed by atoms with E-state index in [1.54, 1.807) is 0 Å². The van der Waals surface area contributed by atoms with Gasteiger partial charge >= 0.3 is 5.97 Å². The lowest BCUT2D eigenvalue weighted by Crippen LogP contribution is -2.55. The summed E-state index contributed by atoms with van der Waals surface area (Å²) in [6, 6.07) is 0.169. The van der Waals surface area contributed by atoms with Crippen molar-refractivity contribution in [3.05, 3.63) is 0 Å². The molecule has 1 saturated heterocycles. The molecule has 0 saturated carbocycles. The van der Waals surface area contributed by atoms with Gasteiger partial charge in [-0.05, 0) is 19.4 Å². The Kier molecular flexibility index (Phi) is 4.93. The van der Waals surface area contributed by atoms with Crippen molar-refractivity contribution in [2.75, 3.05) is 26.7 Å². The van der Waals surface area contributed by atoms with Gasteiger partial charge in [-0.2, -0.15) is 0 Å². The molecule has 98 valence electrons. The Bertz CT molecular complexity index is 291. The van der Waals surface area contributed by atoms with Crippen LogP contribution in [-0.4, -0.2) is 59.5 Å². The fourth-order valence-corrected chi connectivity index (χ4v) is 2.16. The number of piperazine rings is 1. The normalized spacial score (nSPS) is 22.2. The van der Waals surface area contributed by atoms with E-state index in [0.717, 1.165) is 6.54 Å². The summed E-state index contributed by atoms with van der Waals surface area (Å²) in [6.07, 6.45) is 0.770. The van der Waals surface area contributed by atoms with E-state index in [-0.39, 0.29) is 18.4 Å². The lowest BCUT2D eigenvalue weighted by atomic mass is 10.1. The maximum Gasteiger partial charge on any atom is 0.303 e. The first-order chi connectivity index (χ1) is 7.90. The predicted octanol–water partition coefficient (Wildman–Crippen LogP) is 0.650. The summed E-state index contributed by atoms with van der Waals surface area (Å²) in [5.41, 5.74) is 0. The molecule has 1 heterocycles. The van der Waals surface area contributed by atoms with Crippen LogP contribution in [0.15, 0.2) is 0 Å². The third kappa shape index (κ3) is 4.34. The van der Waals surface area contributed by atoms with Crippen molar-refractivity contribution in [2.45, 2.75) is 32.7 Å². The van der Waals surface area contributed by atoms with Gasteiger partial charge in [0.05, 0.1) is 6.54 Å². The van der Waals surface area contributed by atoms with Crippen LogP contribution in [0.1, 0.15) is 26.7 Å². The highest BCUT2D eigenvalue weighted by molar-refractivity contribution is 5.79. The second-order valence-electron chi connectivity index (χ2n) is 5.19. The first-order valence-corrected chi connectivity index (χ1v) is 6.10. The number of aliphatic carboxylic acids is 1. The second kappa shape index (κ2) is 6.00. The zero-order valence-electron chi connectivity index (χ0n) is 10.8. The van der Waals surface area contributed by atoms with E-state index in [1.165, 1.54) is 0 Å². The summed E-state index contributed by atoms with van der Waals surface area (Å²) in [4.78, 5) is 26.2. The molecule has 1 unspecified atom stereocenters. The predicted molar refractivity (Wildman–Crippen MR) is 64.7 cm³/mol. The summed E-state index contributed by atoms with van der Waals surface area (Å²) >= 11 is 0. The number of carbonyl (C=O) groups is 2. The van der Waals surface area contributed by atoms with E-state index in [4.69, 9.17) is 5.11 Å². The fourth-order valence-electron chi connectivity index (χ4n) is 2.16. The maximum absolute atomic E-state index is 11.8. The summed E-state index contributed by atoms with van der Waals surface area (Å²) < 4.78 is 0. The van der Waals surface area contributed by atoms with Crippen molar-refractivity contribution >= 4 is 11.9 Å². The zero-order chi connectivity index (χ0) is 13.0. The number of carboxylic acid groups (broad SMARTS) is 1. The van der Waals surface area contributed by atoms with E-state index in [2.05, 4.69) is 13.8 Å². The van der Waals surface area contributed by atoms with Crippen LogP contribution in [0.5, 0.6) is 0 Å². The average Bonchev–Trinajstić information content (AvgIpc) is 2.19. The molecule has 1 aliphatic heterocycles. The van der Waals surface area contributed by atoms with E-state index in [1.807, 2.05) is 16.8 Å². The van der Waals surface area contributed by atoms with Gasteiger partial charge in [0.25, 0.3) is 0 Å². The average molecular weight is 242 g/mol. The molecule has 1 aliphatic rings. The van der Waals surface area contributed by atoms with Gasteiger partial charge in [-0.25, -0.2) is 0 Å².